The lowest BCUT2D eigenvalue weighted by atomic mass is 9.82. The summed E-state index contributed by atoms with van der Waals surface area (Å²) in [4.78, 5) is 2.32. The number of ether oxygens (including phenoxy) is 1. The lowest BCUT2D eigenvalue weighted by Gasteiger charge is -2.47. The van der Waals surface area contributed by atoms with Crippen molar-refractivity contribution in [2.45, 2.75) is 51.0 Å². The molecule has 0 radical (unpaired) electrons. The van der Waals surface area contributed by atoms with Crippen molar-refractivity contribution in [3.63, 3.8) is 0 Å². The van der Waals surface area contributed by atoms with E-state index >= 15 is 0 Å². The van der Waals surface area contributed by atoms with Crippen molar-refractivity contribution in [3.05, 3.63) is 24.2 Å². The van der Waals surface area contributed by atoms with E-state index in [9.17, 15) is 0 Å². The van der Waals surface area contributed by atoms with Crippen LogP contribution < -0.4 is 5.73 Å². The molecule has 2 unspecified atom stereocenters. The molecule has 0 aliphatic carbocycles. The summed E-state index contributed by atoms with van der Waals surface area (Å²) in [5, 5.41) is 0. The van der Waals surface area contributed by atoms with E-state index in [2.05, 4.69) is 25.8 Å². The molecule has 0 spiro atoms. The van der Waals surface area contributed by atoms with Gasteiger partial charge in [-0.05, 0) is 45.9 Å². The van der Waals surface area contributed by atoms with Crippen LogP contribution in [0.25, 0.3) is 0 Å². The molecule has 0 bridgehead atoms. The van der Waals surface area contributed by atoms with Gasteiger partial charge < -0.3 is 14.9 Å². The molecule has 2 atom stereocenters. The molecule has 0 amide bonds. The molecule has 2 heterocycles. The normalized spacial score (nSPS) is 32.9. The van der Waals surface area contributed by atoms with Crippen LogP contribution >= 0.6 is 0 Å². The second kappa shape index (κ2) is 5.43. The van der Waals surface area contributed by atoms with Gasteiger partial charge in [0, 0.05) is 12.1 Å². The van der Waals surface area contributed by atoms with Gasteiger partial charge in [-0.2, -0.15) is 0 Å². The highest BCUT2D eigenvalue weighted by Gasteiger charge is 2.40. The van der Waals surface area contributed by atoms with Gasteiger partial charge in [-0.15, -0.1) is 0 Å². The van der Waals surface area contributed by atoms with Crippen LogP contribution in [0.4, 0.5) is 0 Å². The van der Waals surface area contributed by atoms with Gasteiger partial charge >= 0.3 is 0 Å². The summed E-state index contributed by atoms with van der Waals surface area (Å²) < 4.78 is 11.2. The predicted molar refractivity (Wildman–Crippen MR) is 71.2 cm³/mol. The standard InChI is InChI=1S/C14H24N2O2/c1-11-7-14(10-15,8-12(2)18-11)16(3)9-13-5-4-6-17-13/h4-6,11-12H,7-10,15H2,1-3H3. The Morgan fingerprint density at radius 1 is 1.39 bits per heavy atom. The number of hydrogen-bond acceptors (Lipinski definition) is 4. The van der Waals surface area contributed by atoms with Crippen LogP contribution in [0.1, 0.15) is 32.4 Å². The highest BCUT2D eigenvalue weighted by atomic mass is 16.5. The van der Waals surface area contributed by atoms with E-state index in [0.29, 0.717) is 6.54 Å². The Bertz CT molecular complexity index is 354. The third-order valence-corrected chi connectivity index (χ3v) is 3.96. The Balaban J connectivity index is 2.10. The van der Waals surface area contributed by atoms with E-state index in [1.54, 1.807) is 6.26 Å². The topological polar surface area (TPSA) is 51.6 Å². The summed E-state index contributed by atoms with van der Waals surface area (Å²) in [6.45, 7) is 5.70. The first kappa shape index (κ1) is 13.6. The van der Waals surface area contributed by atoms with Crippen molar-refractivity contribution < 1.29 is 9.15 Å². The maximum atomic E-state index is 6.06. The Hall–Kier alpha value is -0.840. The van der Waals surface area contributed by atoms with Crippen LogP contribution in [0.2, 0.25) is 0 Å². The molecular weight excluding hydrogens is 228 g/mol. The van der Waals surface area contributed by atoms with Gasteiger partial charge in [0.25, 0.3) is 0 Å². The minimum absolute atomic E-state index is 0.0177. The molecule has 1 fully saturated rings. The van der Waals surface area contributed by atoms with Gasteiger partial charge in [-0.25, -0.2) is 0 Å². The van der Waals surface area contributed by atoms with Crippen molar-refractivity contribution in [2.75, 3.05) is 13.6 Å². The fraction of sp³-hybridized carbons (Fsp3) is 0.714. The second-order valence-electron chi connectivity index (χ2n) is 5.53. The summed E-state index contributed by atoms with van der Waals surface area (Å²) in [6, 6.07) is 3.93. The predicted octanol–water partition coefficient (Wildman–Crippen LogP) is 2.00. The zero-order valence-corrected chi connectivity index (χ0v) is 11.6. The quantitative estimate of drug-likeness (QED) is 0.890. The second-order valence-corrected chi connectivity index (χ2v) is 5.53. The Morgan fingerprint density at radius 2 is 2.06 bits per heavy atom. The molecule has 0 saturated carbocycles. The van der Waals surface area contributed by atoms with Gasteiger partial charge in [-0.1, -0.05) is 0 Å². The number of rotatable bonds is 4. The van der Waals surface area contributed by atoms with Crippen LogP contribution in [0.3, 0.4) is 0 Å². The number of likely N-dealkylation sites (N-methyl/N-ethyl adjacent to an activating group) is 1. The smallest absolute Gasteiger partial charge is 0.117 e. The summed E-state index contributed by atoms with van der Waals surface area (Å²) in [7, 11) is 2.13. The van der Waals surface area contributed by atoms with Crippen LogP contribution in [0.15, 0.2) is 22.8 Å². The number of nitrogens with two attached hydrogens (primary N) is 1. The monoisotopic (exact) mass is 252 g/mol. The summed E-state index contributed by atoms with van der Waals surface area (Å²) in [5.41, 5.74) is 6.08. The van der Waals surface area contributed by atoms with E-state index in [-0.39, 0.29) is 17.7 Å². The van der Waals surface area contributed by atoms with E-state index in [4.69, 9.17) is 14.9 Å². The zero-order valence-electron chi connectivity index (χ0n) is 11.6. The molecular formula is C14H24N2O2. The molecule has 1 saturated heterocycles. The first-order chi connectivity index (χ1) is 8.55. The minimum atomic E-state index is 0.0177. The summed E-state index contributed by atoms with van der Waals surface area (Å²) >= 11 is 0. The van der Waals surface area contributed by atoms with Crippen LogP contribution in [-0.2, 0) is 11.3 Å². The van der Waals surface area contributed by atoms with E-state index in [0.717, 1.165) is 25.1 Å². The zero-order chi connectivity index (χ0) is 13.2. The fourth-order valence-corrected chi connectivity index (χ4v) is 3.08. The Labute approximate surface area is 109 Å². The summed E-state index contributed by atoms with van der Waals surface area (Å²) in [6.07, 6.45) is 4.19. The molecule has 18 heavy (non-hydrogen) atoms. The highest BCUT2D eigenvalue weighted by Crippen LogP contribution is 2.33. The third-order valence-electron chi connectivity index (χ3n) is 3.96. The molecule has 0 aromatic carbocycles. The van der Waals surface area contributed by atoms with Crippen molar-refractivity contribution in [3.8, 4) is 0 Å². The maximum absolute atomic E-state index is 6.06. The van der Waals surface area contributed by atoms with Crippen LogP contribution in [-0.4, -0.2) is 36.2 Å². The van der Waals surface area contributed by atoms with E-state index in [1.165, 1.54) is 0 Å². The molecule has 1 aliphatic heterocycles. The van der Waals surface area contributed by atoms with Crippen molar-refractivity contribution in [2.24, 2.45) is 5.73 Å². The molecule has 4 heteroatoms. The first-order valence-corrected chi connectivity index (χ1v) is 6.65. The third kappa shape index (κ3) is 2.76. The first-order valence-electron chi connectivity index (χ1n) is 6.65. The number of furan rings is 1. The molecule has 1 aromatic heterocycles. The number of hydrogen-bond donors (Lipinski definition) is 1. The molecule has 2 rings (SSSR count). The van der Waals surface area contributed by atoms with Gasteiger partial charge in [0.05, 0.1) is 25.0 Å². The van der Waals surface area contributed by atoms with Gasteiger partial charge in [-0.3, -0.25) is 4.90 Å². The molecule has 2 N–H and O–H groups in total. The molecule has 4 nitrogen and oxygen atoms in total. The molecule has 1 aromatic rings. The lowest BCUT2D eigenvalue weighted by Crippen LogP contribution is -2.58. The molecule has 102 valence electrons. The highest BCUT2D eigenvalue weighted by molar-refractivity contribution is 5.02. The van der Waals surface area contributed by atoms with E-state index in [1.807, 2.05) is 12.1 Å². The average Bonchev–Trinajstić information content (AvgIpc) is 2.80. The molecule has 1 aliphatic rings. The SMILES string of the molecule is CC1CC(CN)(N(C)Cc2ccco2)CC(C)O1. The van der Waals surface area contributed by atoms with Gasteiger partial charge in [0.15, 0.2) is 0 Å². The Morgan fingerprint density at radius 3 is 2.56 bits per heavy atom. The fourth-order valence-electron chi connectivity index (χ4n) is 3.08. The van der Waals surface area contributed by atoms with Crippen molar-refractivity contribution in [1.29, 1.82) is 0 Å². The minimum Gasteiger partial charge on any atom is -0.468 e. The largest absolute Gasteiger partial charge is 0.468 e. The van der Waals surface area contributed by atoms with Gasteiger partial charge in [0.2, 0.25) is 0 Å². The number of nitrogens with zero attached hydrogens (tertiary/aromatic N) is 1. The van der Waals surface area contributed by atoms with Gasteiger partial charge in [0.1, 0.15) is 5.76 Å². The van der Waals surface area contributed by atoms with Crippen molar-refractivity contribution in [1.82, 2.24) is 4.90 Å². The van der Waals surface area contributed by atoms with Crippen LogP contribution in [0, 0.1) is 0 Å². The maximum Gasteiger partial charge on any atom is 0.117 e. The van der Waals surface area contributed by atoms with Crippen molar-refractivity contribution >= 4 is 0 Å². The lowest BCUT2D eigenvalue weighted by molar-refractivity contribution is -0.100. The van der Waals surface area contributed by atoms with Crippen LogP contribution in [0.5, 0.6) is 0 Å². The Kier molecular flexibility index (Phi) is 4.10. The van der Waals surface area contributed by atoms with E-state index < -0.39 is 0 Å². The average molecular weight is 252 g/mol. The summed E-state index contributed by atoms with van der Waals surface area (Å²) in [5.74, 6) is 0.983.